The molecule has 7 nitrogen and oxygen atoms in total. The van der Waals surface area contributed by atoms with E-state index in [-0.39, 0.29) is 30.5 Å². The SMILES string of the molecule is CN(C(=O)CNC(=O)/C=C/c1cccc(Cl)c1)C1CCN(C(=O)OC(C)(C)C)CC1. The molecule has 1 aromatic carbocycles. The number of carbonyl (C=O) groups is 3. The van der Waals surface area contributed by atoms with Crippen LogP contribution >= 0.6 is 11.6 Å². The zero-order valence-electron chi connectivity index (χ0n) is 18.0. The maximum Gasteiger partial charge on any atom is 0.410 e. The number of nitrogens with zero attached hydrogens (tertiary/aromatic N) is 2. The first-order chi connectivity index (χ1) is 14.0. The third-order valence-electron chi connectivity index (χ3n) is 4.75. The fraction of sp³-hybridized carbons (Fsp3) is 0.500. The van der Waals surface area contributed by atoms with Crippen molar-refractivity contribution in [3.63, 3.8) is 0 Å². The van der Waals surface area contributed by atoms with Gasteiger partial charge in [-0.05, 0) is 57.4 Å². The van der Waals surface area contributed by atoms with Crippen molar-refractivity contribution < 1.29 is 19.1 Å². The average molecular weight is 436 g/mol. The van der Waals surface area contributed by atoms with Crippen LogP contribution in [0.3, 0.4) is 0 Å². The van der Waals surface area contributed by atoms with Crippen LogP contribution in [-0.2, 0) is 14.3 Å². The number of nitrogens with one attached hydrogen (secondary N) is 1. The number of hydrogen-bond acceptors (Lipinski definition) is 4. The van der Waals surface area contributed by atoms with Crippen LogP contribution in [0.5, 0.6) is 0 Å². The van der Waals surface area contributed by atoms with E-state index < -0.39 is 5.60 Å². The predicted molar refractivity (Wildman–Crippen MR) is 117 cm³/mol. The minimum absolute atomic E-state index is 0.0232. The molecule has 0 spiro atoms. The molecule has 0 aromatic heterocycles. The summed E-state index contributed by atoms with van der Waals surface area (Å²) in [5, 5.41) is 3.20. The molecule has 1 fully saturated rings. The molecule has 8 heteroatoms. The van der Waals surface area contributed by atoms with Crippen molar-refractivity contribution in [1.82, 2.24) is 15.1 Å². The van der Waals surface area contributed by atoms with E-state index in [1.165, 1.54) is 6.08 Å². The minimum atomic E-state index is -0.528. The van der Waals surface area contributed by atoms with E-state index in [1.54, 1.807) is 41.1 Å². The highest BCUT2D eigenvalue weighted by Gasteiger charge is 2.29. The maximum atomic E-state index is 12.4. The van der Waals surface area contributed by atoms with Crippen LogP contribution in [-0.4, -0.2) is 66.0 Å². The van der Waals surface area contributed by atoms with E-state index in [2.05, 4.69) is 5.32 Å². The van der Waals surface area contributed by atoms with Gasteiger partial charge in [0, 0.05) is 37.3 Å². The van der Waals surface area contributed by atoms with Gasteiger partial charge in [-0.1, -0.05) is 23.7 Å². The molecule has 0 aliphatic carbocycles. The van der Waals surface area contributed by atoms with E-state index >= 15 is 0 Å². The number of rotatable bonds is 5. The van der Waals surface area contributed by atoms with Crippen molar-refractivity contribution in [3.8, 4) is 0 Å². The molecule has 0 radical (unpaired) electrons. The predicted octanol–water partition coefficient (Wildman–Crippen LogP) is 3.33. The summed E-state index contributed by atoms with van der Waals surface area (Å²) >= 11 is 5.91. The van der Waals surface area contributed by atoms with Crippen molar-refractivity contribution >= 4 is 35.6 Å². The zero-order valence-corrected chi connectivity index (χ0v) is 18.7. The van der Waals surface area contributed by atoms with Gasteiger partial charge in [-0.25, -0.2) is 4.79 Å². The zero-order chi connectivity index (χ0) is 22.3. The topological polar surface area (TPSA) is 79.0 Å². The van der Waals surface area contributed by atoms with E-state index in [0.29, 0.717) is 31.0 Å². The Morgan fingerprint density at radius 2 is 1.93 bits per heavy atom. The Kier molecular flexibility index (Phi) is 8.29. The Morgan fingerprint density at radius 1 is 1.27 bits per heavy atom. The lowest BCUT2D eigenvalue weighted by molar-refractivity contribution is -0.133. The molecule has 2 rings (SSSR count). The molecule has 0 unspecified atom stereocenters. The van der Waals surface area contributed by atoms with Gasteiger partial charge in [0.25, 0.3) is 0 Å². The molecule has 1 saturated heterocycles. The van der Waals surface area contributed by atoms with Crippen LogP contribution in [0.25, 0.3) is 6.08 Å². The number of likely N-dealkylation sites (tertiary alicyclic amines) is 1. The number of ether oxygens (including phenoxy) is 1. The number of piperidine rings is 1. The quantitative estimate of drug-likeness (QED) is 0.719. The second-order valence-corrected chi connectivity index (χ2v) is 8.75. The van der Waals surface area contributed by atoms with Crippen molar-refractivity contribution in [3.05, 3.63) is 40.9 Å². The molecule has 0 saturated carbocycles. The average Bonchev–Trinajstić information content (AvgIpc) is 2.68. The molecule has 1 aliphatic heterocycles. The highest BCUT2D eigenvalue weighted by Crippen LogP contribution is 2.18. The van der Waals surface area contributed by atoms with Crippen molar-refractivity contribution in [2.45, 2.75) is 45.3 Å². The Labute approximate surface area is 183 Å². The largest absolute Gasteiger partial charge is 0.444 e. The Morgan fingerprint density at radius 3 is 2.53 bits per heavy atom. The second kappa shape index (κ2) is 10.5. The summed E-state index contributed by atoms with van der Waals surface area (Å²) in [5.41, 5.74) is 0.276. The standard InChI is InChI=1S/C22H30ClN3O4/c1-22(2,3)30-21(29)26-12-10-18(11-13-26)25(4)20(28)15-24-19(27)9-8-16-6-5-7-17(23)14-16/h5-9,14,18H,10-13,15H2,1-4H3,(H,24,27)/b9-8+. The first-order valence-corrected chi connectivity index (χ1v) is 10.4. The molecule has 1 N–H and O–H groups in total. The van der Waals surface area contributed by atoms with E-state index in [4.69, 9.17) is 16.3 Å². The Bertz CT molecular complexity index is 796. The highest BCUT2D eigenvalue weighted by atomic mass is 35.5. The molecular formula is C22H30ClN3O4. The van der Waals surface area contributed by atoms with Gasteiger partial charge in [0.1, 0.15) is 5.60 Å². The van der Waals surface area contributed by atoms with Crippen LogP contribution in [0.1, 0.15) is 39.2 Å². The number of amides is 3. The van der Waals surface area contributed by atoms with Crippen LogP contribution in [0, 0.1) is 0 Å². The second-order valence-electron chi connectivity index (χ2n) is 8.31. The summed E-state index contributed by atoms with van der Waals surface area (Å²) in [4.78, 5) is 39.9. The van der Waals surface area contributed by atoms with Gasteiger partial charge in [0.05, 0.1) is 6.54 Å². The third kappa shape index (κ3) is 7.71. The van der Waals surface area contributed by atoms with E-state index in [0.717, 1.165) is 5.56 Å². The number of carbonyl (C=O) groups excluding carboxylic acids is 3. The van der Waals surface area contributed by atoms with Gasteiger partial charge in [-0.15, -0.1) is 0 Å². The first-order valence-electron chi connectivity index (χ1n) is 10.0. The lowest BCUT2D eigenvalue weighted by atomic mass is 10.0. The van der Waals surface area contributed by atoms with Crippen LogP contribution in [0.15, 0.2) is 30.3 Å². The summed E-state index contributed by atoms with van der Waals surface area (Å²) in [5.74, 6) is -0.522. The summed E-state index contributed by atoms with van der Waals surface area (Å²) in [6.07, 6.45) is 4.03. The van der Waals surface area contributed by atoms with Crippen molar-refractivity contribution in [2.24, 2.45) is 0 Å². The molecule has 164 valence electrons. The van der Waals surface area contributed by atoms with Gasteiger partial charge < -0.3 is 19.9 Å². The maximum absolute atomic E-state index is 12.4. The normalized spacial score (nSPS) is 15.2. The fourth-order valence-corrected chi connectivity index (χ4v) is 3.29. The molecule has 0 atom stereocenters. The van der Waals surface area contributed by atoms with Gasteiger partial charge in [0.15, 0.2) is 0 Å². The van der Waals surface area contributed by atoms with E-state index in [9.17, 15) is 14.4 Å². The summed E-state index contributed by atoms with van der Waals surface area (Å²) in [6, 6.07) is 7.15. The van der Waals surface area contributed by atoms with Gasteiger partial charge in [-0.3, -0.25) is 9.59 Å². The fourth-order valence-electron chi connectivity index (χ4n) is 3.09. The molecule has 0 bridgehead atoms. The summed E-state index contributed by atoms with van der Waals surface area (Å²) < 4.78 is 5.39. The van der Waals surface area contributed by atoms with Crippen LogP contribution < -0.4 is 5.32 Å². The van der Waals surface area contributed by atoms with Crippen LogP contribution in [0.4, 0.5) is 4.79 Å². The lowest BCUT2D eigenvalue weighted by Gasteiger charge is -2.37. The Hall–Kier alpha value is -2.54. The Balaban J connectivity index is 1.75. The smallest absolute Gasteiger partial charge is 0.410 e. The number of hydrogen-bond donors (Lipinski definition) is 1. The lowest BCUT2D eigenvalue weighted by Crippen LogP contribution is -2.50. The first kappa shape index (κ1) is 23.7. The minimum Gasteiger partial charge on any atom is -0.444 e. The summed E-state index contributed by atoms with van der Waals surface area (Å²) in [7, 11) is 1.73. The van der Waals surface area contributed by atoms with Gasteiger partial charge >= 0.3 is 6.09 Å². The molecular weight excluding hydrogens is 406 g/mol. The van der Waals surface area contributed by atoms with Crippen LogP contribution in [0.2, 0.25) is 5.02 Å². The van der Waals surface area contributed by atoms with E-state index in [1.807, 2.05) is 26.8 Å². The van der Waals surface area contributed by atoms with Gasteiger partial charge in [0.2, 0.25) is 11.8 Å². The number of halogens is 1. The molecule has 1 heterocycles. The number of likely N-dealkylation sites (N-methyl/N-ethyl adjacent to an activating group) is 1. The molecule has 3 amide bonds. The number of benzene rings is 1. The molecule has 1 aliphatic rings. The molecule has 30 heavy (non-hydrogen) atoms. The van der Waals surface area contributed by atoms with Crippen molar-refractivity contribution in [2.75, 3.05) is 26.7 Å². The van der Waals surface area contributed by atoms with Gasteiger partial charge in [-0.2, -0.15) is 0 Å². The summed E-state index contributed by atoms with van der Waals surface area (Å²) in [6.45, 7) is 6.49. The highest BCUT2D eigenvalue weighted by molar-refractivity contribution is 6.30. The molecule has 1 aromatic rings. The van der Waals surface area contributed by atoms with Crippen molar-refractivity contribution in [1.29, 1.82) is 0 Å². The third-order valence-corrected chi connectivity index (χ3v) is 4.98. The monoisotopic (exact) mass is 435 g/mol.